The number of nitrogens with one attached hydrogen (secondary N) is 3. The van der Waals surface area contributed by atoms with Crippen molar-refractivity contribution in [2.75, 3.05) is 19.0 Å². The highest BCUT2D eigenvalue weighted by Crippen LogP contribution is 2.36. The van der Waals surface area contributed by atoms with Gasteiger partial charge in [-0.3, -0.25) is 4.79 Å². The molecule has 3 rings (SSSR count). The molecular formula is C21H19ClN4O3S. The van der Waals surface area contributed by atoms with Crippen molar-refractivity contribution in [2.45, 2.75) is 6.04 Å². The van der Waals surface area contributed by atoms with Crippen molar-refractivity contribution in [1.29, 1.82) is 5.26 Å². The summed E-state index contributed by atoms with van der Waals surface area (Å²) in [6, 6.07) is 13.6. The van der Waals surface area contributed by atoms with Crippen molar-refractivity contribution < 1.29 is 14.3 Å². The van der Waals surface area contributed by atoms with E-state index < -0.39 is 12.0 Å². The van der Waals surface area contributed by atoms with Gasteiger partial charge in [-0.2, -0.15) is 5.26 Å². The normalized spacial score (nSPS) is 17.9. The van der Waals surface area contributed by atoms with Crippen LogP contribution in [-0.4, -0.2) is 24.7 Å². The number of hydrogen-bond acceptors (Lipinski definition) is 5. The van der Waals surface area contributed by atoms with Gasteiger partial charge in [0.2, 0.25) is 5.91 Å². The number of carbonyl (C=O) groups is 1. The number of anilines is 1. The predicted molar refractivity (Wildman–Crippen MR) is 118 cm³/mol. The molecule has 1 saturated heterocycles. The van der Waals surface area contributed by atoms with Gasteiger partial charge in [0.15, 0.2) is 23.2 Å². The minimum absolute atomic E-state index is 0.106. The van der Waals surface area contributed by atoms with Gasteiger partial charge in [0.05, 0.1) is 23.9 Å². The van der Waals surface area contributed by atoms with E-state index in [9.17, 15) is 4.79 Å². The quantitative estimate of drug-likeness (QED) is 0.589. The highest BCUT2D eigenvalue weighted by atomic mass is 35.5. The van der Waals surface area contributed by atoms with Crippen LogP contribution in [0.15, 0.2) is 54.7 Å². The summed E-state index contributed by atoms with van der Waals surface area (Å²) in [5, 5.41) is 18.4. The summed E-state index contributed by atoms with van der Waals surface area (Å²) >= 11 is 11.4. The first kappa shape index (κ1) is 21.4. The molecule has 154 valence electrons. The van der Waals surface area contributed by atoms with E-state index in [0.717, 1.165) is 5.56 Å². The first-order chi connectivity index (χ1) is 14.4. The average molecular weight is 443 g/mol. The lowest BCUT2D eigenvalue weighted by molar-refractivity contribution is -0.119. The van der Waals surface area contributed by atoms with Crippen LogP contribution in [0.4, 0.5) is 5.69 Å². The van der Waals surface area contributed by atoms with E-state index in [1.807, 2.05) is 6.07 Å². The molecule has 0 radical (unpaired) electrons. The van der Waals surface area contributed by atoms with E-state index >= 15 is 0 Å². The molecule has 1 aliphatic rings. The maximum absolute atomic E-state index is 13.1. The first-order valence-electron chi connectivity index (χ1n) is 8.94. The molecule has 2 atom stereocenters. The van der Waals surface area contributed by atoms with Crippen molar-refractivity contribution in [1.82, 2.24) is 10.6 Å². The number of methoxy groups -OCH3 is 1. The second-order valence-corrected chi connectivity index (χ2v) is 7.22. The third kappa shape index (κ3) is 4.64. The Morgan fingerprint density at radius 3 is 2.80 bits per heavy atom. The molecule has 0 aliphatic carbocycles. The summed E-state index contributed by atoms with van der Waals surface area (Å²) < 4.78 is 10.8. The van der Waals surface area contributed by atoms with E-state index in [1.54, 1.807) is 42.5 Å². The molecule has 2 aromatic rings. The van der Waals surface area contributed by atoms with Crippen LogP contribution in [-0.2, 0) is 4.79 Å². The smallest absolute Gasteiger partial charge is 0.235 e. The summed E-state index contributed by atoms with van der Waals surface area (Å²) in [6.07, 6.45) is 0. The number of nitriles is 1. The Bertz CT molecular complexity index is 1040. The number of hydrogen-bond donors (Lipinski definition) is 3. The Morgan fingerprint density at radius 2 is 2.10 bits per heavy atom. The van der Waals surface area contributed by atoms with Crippen LogP contribution in [0.25, 0.3) is 0 Å². The highest BCUT2D eigenvalue weighted by molar-refractivity contribution is 7.80. The van der Waals surface area contributed by atoms with Gasteiger partial charge >= 0.3 is 0 Å². The summed E-state index contributed by atoms with van der Waals surface area (Å²) in [6.45, 7) is 3.88. The monoisotopic (exact) mass is 442 g/mol. The third-order valence-electron chi connectivity index (χ3n) is 4.52. The van der Waals surface area contributed by atoms with Crippen molar-refractivity contribution >= 4 is 40.5 Å². The molecular weight excluding hydrogens is 424 g/mol. The van der Waals surface area contributed by atoms with Crippen molar-refractivity contribution in [3.8, 4) is 17.6 Å². The number of rotatable bonds is 6. The lowest BCUT2D eigenvalue weighted by Crippen LogP contribution is -2.51. The minimum atomic E-state index is -0.691. The van der Waals surface area contributed by atoms with Crippen molar-refractivity contribution in [2.24, 2.45) is 5.92 Å². The second kappa shape index (κ2) is 9.48. The van der Waals surface area contributed by atoms with E-state index in [0.29, 0.717) is 33.0 Å². The summed E-state index contributed by atoms with van der Waals surface area (Å²) in [5.74, 6) is -0.131. The van der Waals surface area contributed by atoms with Gasteiger partial charge in [-0.05, 0) is 42.0 Å². The first-order valence-corrected chi connectivity index (χ1v) is 9.72. The molecule has 7 nitrogen and oxygen atoms in total. The lowest BCUT2D eigenvalue weighted by atomic mass is 9.88. The van der Waals surface area contributed by atoms with E-state index in [-0.39, 0.29) is 12.5 Å². The Labute approximate surface area is 184 Å². The van der Waals surface area contributed by atoms with Crippen LogP contribution in [0, 0.1) is 17.2 Å². The van der Waals surface area contributed by atoms with Crippen LogP contribution in [0.2, 0.25) is 5.02 Å². The van der Waals surface area contributed by atoms with Crippen molar-refractivity contribution in [3.05, 3.63) is 65.3 Å². The molecule has 2 aromatic carbocycles. The zero-order valence-electron chi connectivity index (χ0n) is 16.1. The number of thiocarbonyl (C=S) groups is 1. The van der Waals surface area contributed by atoms with Crippen molar-refractivity contribution in [3.63, 3.8) is 0 Å². The fraction of sp³-hybridized carbons (Fsp3) is 0.190. The molecule has 0 spiro atoms. The number of amides is 1. The van der Waals surface area contributed by atoms with Gasteiger partial charge in [0.25, 0.3) is 0 Å². The molecule has 1 heterocycles. The Morgan fingerprint density at radius 1 is 1.33 bits per heavy atom. The number of carbonyl (C=O) groups excluding carboxylic acids is 1. The molecule has 0 unspecified atom stereocenters. The number of para-hydroxylation sites is 1. The molecule has 0 aromatic heterocycles. The third-order valence-corrected chi connectivity index (χ3v) is 5.07. The van der Waals surface area contributed by atoms with Crippen LogP contribution in [0.1, 0.15) is 11.6 Å². The Balaban J connectivity index is 1.93. The van der Waals surface area contributed by atoms with Crippen LogP contribution in [0.5, 0.6) is 11.5 Å². The largest absolute Gasteiger partial charge is 0.493 e. The topological polar surface area (TPSA) is 95.4 Å². The average Bonchev–Trinajstić information content (AvgIpc) is 2.73. The molecule has 0 bridgehead atoms. The molecule has 1 aliphatic heterocycles. The fourth-order valence-corrected chi connectivity index (χ4v) is 3.59. The minimum Gasteiger partial charge on any atom is -0.493 e. The Hall–Kier alpha value is -3.28. The maximum Gasteiger partial charge on any atom is 0.235 e. The highest BCUT2D eigenvalue weighted by Gasteiger charge is 2.37. The lowest BCUT2D eigenvalue weighted by Gasteiger charge is -2.35. The van der Waals surface area contributed by atoms with Crippen LogP contribution < -0.4 is 25.4 Å². The van der Waals surface area contributed by atoms with Gasteiger partial charge in [-0.15, -0.1) is 0 Å². The van der Waals surface area contributed by atoms with Crippen LogP contribution >= 0.6 is 23.8 Å². The number of halogens is 1. The molecule has 0 saturated carbocycles. The predicted octanol–water partition coefficient (Wildman–Crippen LogP) is 3.54. The summed E-state index contributed by atoms with van der Waals surface area (Å²) in [4.78, 5) is 13.1. The summed E-state index contributed by atoms with van der Waals surface area (Å²) in [5.41, 5.74) is 1.69. The Kier molecular flexibility index (Phi) is 6.77. The second-order valence-electron chi connectivity index (χ2n) is 6.41. The van der Waals surface area contributed by atoms with Gasteiger partial charge in [0, 0.05) is 5.70 Å². The molecule has 1 fully saturated rings. The standard InChI is InChI=1S/C21H19ClN4O3S/c1-12-18(20(27)25-15-6-4-3-5-14(15)22)19(26-21(30)24-12)13-7-8-16(29-10-9-23)17(11-13)28-2/h3-8,11,18-19H,1,10H2,2H3,(H,25,27)(H2,24,26,30)/t18-,19-/m1/s1. The SMILES string of the molecule is C=C1NC(=S)N[C@H](c2ccc(OCC#N)c(OC)c2)[C@@H]1C(=O)Nc1ccccc1Cl. The van der Waals surface area contributed by atoms with E-state index in [1.165, 1.54) is 7.11 Å². The summed E-state index contributed by atoms with van der Waals surface area (Å²) in [7, 11) is 1.50. The van der Waals surface area contributed by atoms with E-state index in [2.05, 4.69) is 22.5 Å². The molecule has 9 heteroatoms. The number of benzene rings is 2. The number of ether oxygens (including phenoxy) is 2. The van der Waals surface area contributed by atoms with Gasteiger partial charge in [-0.25, -0.2) is 0 Å². The number of nitrogens with zero attached hydrogens (tertiary/aromatic N) is 1. The zero-order chi connectivity index (χ0) is 21.7. The van der Waals surface area contributed by atoms with Gasteiger partial charge < -0.3 is 25.4 Å². The van der Waals surface area contributed by atoms with Gasteiger partial charge in [-0.1, -0.05) is 36.4 Å². The zero-order valence-corrected chi connectivity index (χ0v) is 17.6. The molecule has 1 amide bonds. The molecule has 3 N–H and O–H groups in total. The van der Waals surface area contributed by atoms with E-state index in [4.69, 9.17) is 38.6 Å². The maximum atomic E-state index is 13.1. The van der Waals surface area contributed by atoms with Gasteiger partial charge in [0.1, 0.15) is 12.0 Å². The fourth-order valence-electron chi connectivity index (χ4n) is 3.15. The van der Waals surface area contributed by atoms with Crippen LogP contribution in [0.3, 0.4) is 0 Å². The molecule has 30 heavy (non-hydrogen) atoms.